The first-order valence-corrected chi connectivity index (χ1v) is 6.50. The number of H-pyrrole nitrogens is 1. The zero-order chi connectivity index (χ0) is 12.5. The summed E-state index contributed by atoms with van der Waals surface area (Å²) >= 11 is 6.60. The second-order valence-electron chi connectivity index (χ2n) is 3.69. The minimum absolute atomic E-state index is 0.0811. The molecule has 0 aliphatic carbocycles. The van der Waals surface area contributed by atoms with E-state index in [4.69, 9.17) is 12.2 Å². The van der Waals surface area contributed by atoms with Crippen molar-refractivity contribution in [1.82, 2.24) is 19.5 Å². The molecule has 0 saturated carbocycles. The number of thiophene rings is 1. The molecule has 3 rings (SSSR count). The number of aromatic nitrogens is 4. The zero-order valence-corrected chi connectivity index (χ0v) is 10.8. The fourth-order valence-electron chi connectivity index (χ4n) is 1.69. The Labute approximate surface area is 111 Å². The van der Waals surface area contributed by atoms with Crippen LogP contribution in [0.1, 0.15) is 5.69 Å². The molecule has 0 amide bonds. The van der Waals surface area contributed by atoms with E-state index in [9.17, 15) is 4.79 Å². The molecule has 1 N–H and O–H groups in total. The van der Waals surface area contributed by atoms with E-state index in [1.165, 1.54) is 22.2 Å². The lowest BCUT2D eigenvalue weighted by Crippen LogP contribution is -2.22. The summed E-state index contributed by atoms with van der Waals surface area (Å²) in [5, 5.41) is 1.87. The first-order chi connectivity index (χ1) is 8.75. The number of rotatable bonds is 2. The van der Waals surface area contributed by atoms with Gasteiger partial charge in [0.15, 0.2) is 4.77 Å². The van der Waals surface area contributed by atoms with Crippen molar-refractivity contribution >= 4 is 33.8 Å². The second kappa shape index (κ2) is 4.43. The Kier molecular flexibility index (Phi) is 2.77. The summed E-state index contributed by atoms with van der Waals surface area (Å²) in [6.07, 6.45) is 3.10. The molecule has 0 aromatic carbocycles. The highest BCUT2D eigenvalue weighted by Crippen LogP contribution is 2.14. The van der Waals surface area contributed by atoms with E-state index in [0.717, 1.165) is 11.2 Å². The molecular formula is C11H8N4OS2. The summed E-state index contributed by atoms with van der Waals surface area (Å²) in [7, 11) is 0. The highest BCUT2D eigenvalue weighted by molar-refractivity contribution is 7.71. The molecule has 0 aliphatic rings. The Morgan fingerprint density at radius 3 is 3.11 bits per heavy atom. The van der Waals surface area contributed by atoms with Crippen LogP contribution in [0.2, 0.25) is 0 Å². The average molecular weight is 276 g/mol. The van der Waals surface area contributed by atoms with Crippen LogP contribution in [0, 0.1) is 4.77 Å². The summed E-state index contributed by atoms with van der Waals surface area (Å²) < 4.78 is 2.60. The molecule has 0 radical (unpaired) electrons. The van der Waals surface area contributed by atoms with Gasteiger partial charge in [0.05, 0.1) is 17.8 Å². The Morgan fingerprint density at radius 1 is 1.44 bits per heavy atom. The van der Waals surface area contributed by atoms with Gasteiger partial charge in [-0.2, -0.15) is 0 Å². The van der Waals surface area contributed by atoms with Crippen LogP contribution >= 0.6 is 23.6 Å². The van der Waals surface area contributed by atoms with Crippen LogP contribution in [0.4, 0.5) is 0 Å². The van der Waals surface area contributed by atoms with E-state index in [2.05, 4.69) is 15.0 Å². The van der Waals surface area contributed by atoms with E-state index in [-0.39, 0.29) is 5.56 Å². The van der Waals surface area contributed by atoms with Crippen molar-refractivity contribution in [1.29, 1.82) is 0 Å². The van der Waals surface area contributed by atoms with E-state index >= 15 is 0 Å². The number of hydrogen-bond acceptors (Lipinski definition) is 5. The van der Waals surface area contributed by atoms with E-state index in [1.54, 1.807) is 12.3 Å². The molecule has 5 nitrogen and oxygen atoms in total. The van der Waals surface area contributed by atoms with Crippen molar-refractivity contribution in [2.45, 2.75) is 6.54 Å². The second-order valence-corrected chi connectivity index (χ2v) is 4.99. The van der Waals surface area contributed by atoms with Gasteiger partial charge in [-0.25, -0.2) is 9.97 Å². The lowest BCUT2D eigenvalue weighted by molar-refractivity contribution is 0.715. The molecule has 0 fully saturated rings. The quantitative estimate of drug-likeness (QED) is 0.727. The summed E-state index contributed by atoms with van der Waals surface area (Å²) in [5.74, 6) is 0. The van der Waals surface area contributed by atoms with Crippen LogP contribution in [0.15, 0.2) is 34.8 Å². The van der Waals surface area contributed by atoms with Gasteiger partial charge in [-0.05, 0) is 29.7 Å². The van der Waals surface area contributed by atoms with Crippen molar-refractivity contribution in [3.8, 4) is 0 Å². The molecule has 0 unspecified atom stereocenters. The van der Waals surface area contributed by atoms with Crippen molar-refractivity contribution in [2.24, 2.45) is 0 Å². The maximum Gasteiger partial charge on any atom is 0.272 e. The lowest BCUT2D eigenvalue weighted by atomic mass is 10.4. The highest BCUT2D eigenvalue weighted by atomic mass is 32.1. The molecule has 90 valence electrons. The maximum atomic E-state index is 12.3. The third-order valence-corrected chi connectivity index (χ3v) is 3.78. The Morgan fingerprint density at radius 2 is 2.33 bits per heavy atom. The van der Waals surface area contributed by atoms with Gasteiger partial charge in [-0.15, -0.1) is 11.3 Å². The van der Waals surface area contributed by atoms with Gasteiger partial charge in [0, 0.05) is 6.20 Å². The predicted octanol–water partition coefficient (Wildman–Crippen LogP) is 1.96. The third kappa shape index (κ3) is 1.87. The molecule has 0 saturated heterocycles. The Hall–Kier alpha value is -1.86. The van der Waals surface area contributed by atoms with Gasteiger partial charge in [-0.1, -0.05) is 0 Å². The van der Waals surface area contributed by atoms with Crippen LogP contribution in [-0.4, -0.2) is 19.5 Å². The molecule has 7 heteroatoms. The first kappa shape index (κ1) is 11.2. The monoisotopic (exact) mass is 276 g/mol. The number of nitrogens with zero attached hydrogens (tertiary/aromatic N) is 3. The zero-order valence-electron chi connectivity index (χ0n) is 9.16. The minimum Gasteiger partial charge on any atom is -0.331 e. The minimum atomic E-state index is -0.0811. The largest absolute Gasteiger partial charge is 0.331 e. The van der Waals surface area contributed by atoms with Gasteiger partial charge >= 0.3 is 0 Å². The molecule has 3 aromatic heterocycles. The number of aromatic amines is 1. The van der Waals surface area contributed by atoms with Crippen LogP contribution in [0.25, 0.3) is 10.2 Å². The average Bonchev–Trinajstić information content (AvgIpc) is 2.84. The van der Waals surface area contributed by atoms with Crippen molar-refractivity contribution < 1.29 is 0 Å². The summed E-state index contributed by atoms with van der Waals surface area (Å²) in [5.41, 5.74) is 1.46. The SMILES string of the molecule is O=c1c2sccc2[nH]c(=S)n1Cc1ccncn1. The van der Waals surface area contributed by atoms with E-state index in [0.29, 0.717) is 16.0 Å². The summed E-state index contributed by atoms with van der Waals surface area (Å²) in [6, 6.07) is 3.62. The van der Waals surface area contributed by atoms with Crippen molar-refractivity contribution in [3.05, 3.63) is 50.9 Å². The van der Waals surface area contributed by atoms with Gasteiger partial charge in [-0.3, -0.25) is 9.36 Å². The molecule has 0 bridgehead atoms. The normalized spacial score (nSPS) is 10.9. The summed E-state index contributed by atoms with van der Waals surface area (Å²) in [4.78, 5) is 23.2. The topological polar surface area (TPSA) is 63.6 Å². The molecule has 0 spiro atoms. The predicted molar refractivity (Wildman–Crippen MR) is 72.4 cm³/mol. The Balaban J connectivity index is 2.18. The van der Waals surface area contributed by atoms with Gasteiger partial charge in [0.1, 0.15) is 11.0 Å². The van der Waals surface area contributed by atoms with Crippen molar-refractivity contribution in [3.63, 3.8) is 0 Å². The smallest absolute Gasteiger partial charge is 0.272 e. The van der Waals surface area contributed by atoms with Crippen LogP contribution < -0.4 is 5.56 Å². The Bertz CT molecular complexity index is 803. The number of nitrogens with one attached hydrogen (secondary N) is 1. The maximum absolute atomic E-state index is 12.3. The molecule has 0 atom stereocenters. The van der Waals surface area contributed by atoms with Gasteiger partial charge < -0.3 is 4.98 Å². The van der Waals surface area contributed by atoms with E-state index < -0.39 is 0 Å². The van der Waals surface area contributed by atoms with E-state index in [1.807, 2.05) is 11.4 Å². The number of hydrogen-bond donors (Lipinski definition) is 1. The molecular weight excluding hydrogens is 268 g/mol. The van der Waals surface area contributed by atoms with Crippen LogP contribution in [-0.2, 0) is 6.54 Å². The summed E-state index contributed by atoms with van der Waals surface area (Å²) in [6.45, 7) is 0.352. The highest BCUT2D eigenvalue weighted by Gasteiger charge is 2.07. The van der Waals surface area contributed by atoms with Crippen LogP contribution in [0.3, 0.4) is 0 Å². The fraction of sp³-hybridized carbons (Fsp3) is 0.0909. The fourth-order valence-corrected chi connectivity index (χ4v) is 2.74. The molecule has 0 aliphatic heterocycles. The van der Waals surface area contributed by atoms with Crippen molar-refractivity contribution in [2.75, 3.05) is 0 Å². The van der Waals surface area contributed by atoms with Gasteiger partial charge in [0.25, 0.3) is 5.56 Å². The third-order valence-electron chi connectivity index (χ3n) is 2.55. The van der Waals surface area contributed by atoms with Crippen LogP contribution in [0.5, 0.6) is 0 Å². The molecule has 3 heterocycles. The molecule has 18 heavy (non-hydrogen) atoms. The standard InChI is InChI=1S/C11H8N4OS2/c16-10-9-8(2-4-18-9)14-11(17)15(10)5-7-1-3-12-6-13-7/h1-4,6H,5H2,(H,14,17). The van der Waals surface area contributed by atoms with Gasteiger partial charge in [0.2, 0.25) is 0 Å². The lowest BCUT2D eigenvalue weighted by Gasteiger charge is -2.05. The first-order valence-electron chi connectivity index (χ1n) is 5.21. The molecule has 3 aromatic rings. The number of fused-ring (bicyclic) bond motifs is 1.